The molecular weight excluding hydrogens is 342 g/mol. The summed E-state index contributed by atoms with van der Waals surface area (Å²) in [7, 11) is 3.92. The fourth-order valence-corrected chi connectivity index (χ4v) is 2.86. The lowest BCUT2D eigenvalue weighted by molar-refractivity contribution is -0.136. The molecule has 27 heavy (non-hydrogen) atoms. The molecule has 2 aromatic rings. The average molecular weight is 371 g/mol. The van der Waals surface area contributed by atoms with Crippen LogP contribution in [0.4, 0.5) is 11.4 Å². The Bertz CT molecular complexity index is 780. The monoisotopic (exact) mass is 371 g/mol. The van der Waals surface area contributed by atoms with Crippen LogP contribution in [0.3, 0.4) is 0 Å². The molecule has 1 aromatic carbocycles. The Kier molecular flexibility index (Phi) is 6.66. The third-order valence-electron chi connectivity index (χ3n) is 4.31. The molecule has 6 heteroatoms. The molecule has 2 amide bonds. The van der Waals surface area contributed by atoms with Gasteiger partial charge in [-0.15, -0.1) is 0 Å². The maximum atomic E-state index is 12.6. The molecule has 0 saturated heterocycles. The molecule has 0 aliphatic carbocycles. The average Bonchev–Trinajstić information content (AvgIpc) is 3.13. The van der Waals surface area contributed by atoms with E-state index in [0.29, 0.717) is 12.2 Å². The first kappa shape index (κ1) is 20.6. The molecule has 6 nitrogen and oxygen atoms in total. The van der Waals surface area contributed by atoms with E-state index in [2.05, 4.69) is 5.32 Å². The van der Waals surface area contributed by atoms with E-state index >= 15 is 0 Å². The number of amides is 2. The SMILES string of the molecule is CC(C)C(=O)N(Cc1cc(NC(=O)c2ccco2)ccc1N(C)C)C(C)C. The smallest absolute Gasteiger partial charge is 0.291 e. The number of anilines is 2. The highest BCUT2D eigenvalue weighted by molar-refractivity contribution is 6.02. The van der Waals surface area contributed by atoms with Crippen LogP contribution in [0.25, 0.3) is 0 Å². The Morgan fingerprint density at radius 1 is 1.11 bits per heavy atom. The molecule has 0 atom stereocenters. The van der Waals surface area contributed by atoms with Crippen LogP contribution in [-0.2, 0) is 11.3 Å². The molecule has 0 saturated carbocycles. The van der Waals surface area contributed by atoms with Gasteiger partial charge in [-0.2, -0.15) is 0 Å². The third kappa shape index (κ3) is 5.12. The fourth-order valence-electron chi connectivity index (χ4n) is 2.86. The second-order valence-electron chi connectivity index (χ2n) is 7.38. The summed E-state index contributed by atoms with van der Waals surface area (Å²) in [5.41, 5.74) is 2.64. The topological polar surface area (TPSA) is 65.8 Å². The minimum atomic E-state index is -0.303. The molecular formula is C21H29N3O3. The van der Waals surface area contributed by atoms with Gasteiger partial charge in [0.1, 0.15) is 0 Å². The van der Waals surface area contributed by atoms with Crippen LogP contribution in [-0.4, -0.2) is 36.9 Å². The predicted octanol–water partition coefficient (Wildman–Crippen LogP) is 3.99. The van der Waals surface area contributed by atoms with E-state index in [4.69, 9.17) is 4.42 Å². The molecule has 1 heterocycles. The third-order valence-corrected chi connectivity index (χ3v) is 4.31. The molecule has 0 aliphatic rings. The van der Waals surface area contributed by atoms with Gasteiger partial charge >= 0.3 is 0 Å². The normalized spacial score (nSPS) is 11.0. The van der Waals surface area contributed by atoms with Crippen LogP contribution in [0, 0.1) is 5.92 Å². The van der Waals surface area contributed by atoms with Crippen molar-refractivity contribution in [3.05, 3.63) is 47.9 Å². The van der Waals surface area contributed by atoms with Crippen LogP contribution < -0.4 is 10.2 Å². The van der Waals surface area contributed by atoms with E-state index in [0.717, 1.165) is 11.3 Å². The Morgan fingerprint density at radius 2 is 1.81 bits per heavy atom. The Morgan fingerprint density at radius 3 is 2.33 bits per heavy atom. The zero-order valence-electron chi connectivity index (χ0n) is 16.9. The van der Waals surface area contributed by atoms with Gasteiger partial charge in [0.05, 0.1) is 6.26 Å². The van der Waals surface area contributed by atoms with Crippen molar-refractivity contribution in [1.82, 2.24) is 4.90 Å². The number of hydrogen-bond acceptors (Lipinski definition) is 4. The van der Waals surface area contributed by atoms with E-state index < -0.39 is 0 Å². The van der Waals surface area contributed by atoms with Crippen LogP contribution in [0.2, 0.25) is 0 Å². The van der Waals surface area contributed by atoms with E-state index in [9.17, 15) is 9.59 Å². The highest BCUT2D eigenvalue weighted by Gasteiger charge is 2.22. The van der Waals surface area contributed by atoms with E-state index in [-0.39, 0.29) is 29.5 Å². The van der Waals surface area contributed by atoms with Crippen molar-refractivity contribution < 1.29 is 14.0 Å². The second-order valence-corrected chi connectivity index (χ2v) is 7.38. The summed E-state index contributed by atoms with van der Waals surface area (Å²) in [5, 5.41) is 2.85. The van der Waals surface area contributed by atoms with Gasteiger partial charge in [0.25, 0.3) is 5.91 Å². The molecule has 1 aromatic heterocycles. The molecule has 0 radical (unpaired) electrons. The number of carbonyl (C=O) groups excluding carboxylic acids is 2. The molecule has 0 fully saturated rings. The van der Waals surface area contributed by atoms with Crippen molar-refractivity contribution in [2.75, 3.05) is 24.3 Å². The Balaban J connectivity index is 2.31. The molecule has 0 unspecified atom stereocenters. The minimum Gasteiger partial charge on any atom is -0.459 e. The number of nitrogens with zero attached hydrogens (tertiary/aromatic N) is 2. The van der Waals surface area contributed by atoms with Crippen molar-refractivity contribution in [2.24, 2.45) is 5.92 Å². The number of rotatable bonds is 7. The molecule has 0 bridgehead atoms. The summed E-state index contributed by atoms with van der Waals surface area (Å²) in [5.74, 6) is -0.00803. The summed E-state index contributed by atoms with van der Waals surface area (Å²) in [4.78, 5) is 28.7. The number of carbonyl (C=O) groups is 2. The second kappa shape index (κ2) is 8.75. The zero-order valence-corrected chi connectivity index (χ0v) is 16.9. The van der Waals surface area contributed by atoms with Crippen LogP contribution in [0.5, 0.6) is 0 Å². The quantitative estimate of drug-likeness (QED) is 0.799. The summed E-state index contributed by atoms with van der Waals surface area (Å²) in [6.07, 6.45) is 1.47. The van der Waals surface area contributed by atoms with Gasteiger partial charge in [0, 0.05) is 44.0 Å². The summed E-state index contributed by atoms with van der Waals surface area (Å²) in [6, 6.07) is 9.09. The lowest BCUT2D eigenvalue weighted by atomic mass is 10.1. The minimum absolute atomic E-state index is 0.0722. The van der Waals surface area contributed by atoms with Gasteiger partial charge in [-0.1, -0.05) is 13.8 Å². The van der Waals surface area contributed by atoms with Crippen molar-refractivity contribution in [1.29, 1.82) is 0 Å². The lowest BCUT2D eigenvalue weighted by Gasteiger charge is -2.30. The molecule has 1 N–H and O–H groups in total. The highest BCUT2D eigenvalue weighted by Crippen LogP contribution is 2.26. The summed E-state index contributed by atoms with van der Waals surface area (Å²) >= 11 is 0. The van der Waals surface area contributed by atoms with Gasteiger partial charge in [-0.25, -0.2) is 0 Å². The largest absolute Gasteiger partial charge is 0.459 e. The standard InChI is InChI=1S/C21H29N3O3/c1-14(2)21(26)24(15(3)4)13-16-12-17(9-10-18(16)23(5)6)22-20(25)19-8-7-11-27-19/h7-12,14-15H,13H2,1-6H3,(H,22,25). The number of hydrogen-bond donors (Lipinski definition) is 1. The van der Waals surface area contributed by atoms with E-state index in [1.807, 2.05) is 69.8 Å². The highest BCUT2D eigenvalue weighted by atomic mass is 16.3. The molecule has 0 spiro atoms. The molecule has 2 rings (SSSR count). The number of benzene rings is 1. The van der Waals surface area contributed by atoms with Gasteiger partial charge in [0.2, 0.25) is 5.91 Å². The predicted molar refractivity (Wildman–Crippen MR) is 108 cm³/mol. The van der Waals surface area contributed by atoms with Crippen molar-refractivity contribution in [3.8, 4) is 0 Å². The van der Waals surface area contributed by atoms with Crippen LogP contribution in [0.1, 0.15) is 43.8 Å². The number of nitrogens with one attached hydrogen (secondary N) is 1. The first-order valence-electron chi connectivity index (χ1n) is 9.16. The number of furan rings is 1. The maximum absolute atomic E-state index is 12.6. The maximum Gasteiger partial charge on any atom is 0.291 e. The van der Waals surface area contributed by atoms with E-state index in [1.165, 1.54) is 6.26 Å². The molecule has 146 valence electrons. The van der Waals surface area contributed by atoms with Gasteiger partial charge in [-0.05, 0) is 49.7 Å². The van der Waals surface area contributed by atoms with Gasteiger partial charge in [0.15, 0.2) is 5.76 Å². The van der Waals surface area contributed by atoms with E-state index in [1.54, 1.807) is 12.1 Å². The van der Waals surface area contributed by atoms with Crippen molar-refractivity contribution in [3.63, 3.8) is 0 Å². The van der Waals surface area contributed by atoms with Crippen LogP contribution in [0.15, 0.2) is 41.0 Å². The zero-order chi connectivity index (χ0) is 20.1. The first-order valence-corrected chi connectivity index (χ1v) is 9.16. The molecule has 0 aliphatic heterocycles. The van der Waals surface area contributed by atoms with Crippen molar-refractivity contribution in [2.45, 2.75) is 40.3 Å². The summed E-state index contributed by atoms with van der Waals surface area (Å²) in [6.45, 7) is 8.32. The fraction of sp³-hybridized carbons (Fsp3) is 0.429. The Hall–Kier alpha value is -2.76. The van der Waals surface area contributed by atoms with Crippen molar-refractivity contribution >= 4 is 23.2 Å². The summed E-state index contributed by atoms with van der Waals surface area (Å²) < 4.78 is 5.14. The van der Waals surface area contributed by atoms with Gasteiger partial charge < -0.3 is 19.5 Å². The van der Waals surface area contributed by atoms with Crippen LogP contribution >= 0.6 is 0 Å². The van der Waals surface area contributed by atoms with Gasteiger partial charge in [-0.3, -0.25) is 9.59 Å². The lowest BCUT2D eigenvalue weighted by Crippen LogP contribution is -2.39. The first-order chi connectivity index (χ1) is 12.7. The Labute approximate surface area is 161 Å².